The average molecular weight is 331 g/mol. The van der Waals surface area contributed by atoms with E-state index < -0.39 is 0 Å². The van der Waals surface area contributed by atoms with Gasteiger partial charge in [0, 0.05) is 6.54 Å². The number of likely N-dealkylation sites (tertiary alicyclic amines) is 1. The molecule has 0 N–H and O–H groups in total. The standard InChI is InChI=1S/C21H21N3O/c25-21(19-15-22-17-11-6-7-12-18(17)23-19)24-14-8-2-5-13-20(24)16-9-3-1-4-10-16/h1,3-4,6-7,9-12,15,20H,2,5,8,13-14H2. The summed E-state index contributed by atoms with van der Waals surface area (Å²) in [5, 5.41) is 0. The predicted molar refractivity (Wildman–Crippen MR) is 98.2 cm³/mol. The minimum Gasteiger partial charge on any atom is -0.330 e. The van der Waals surface area contributed by atoms with Gasteiger partial charge >= 0.3 is 0 Å². The Morgan fingerprint density at radius 1 is 0.920 bits per heavy atom. The fourth-order valence-electron chi connectivity index (χ4n) is 3.58. The summed E-state index contributed by atoms with van der Waals surface area (Å²) in [6.07, 6.45) is 5.95. The van der Waals surface area contributed by atoms with Crippen molar-refractivity contribution in [2.75, 3.05) is 6.54 Å². The molecule has 2 aromatic carbocycles. The van der Waals surface area contributed by atoms with Gasteiger partial charge in [-0.3, -0.25) is 9.78 Å². The van der Waals surface area contributed by atoms with Crippen LogP contribution in [0.15, 0.2) is 60.8 Å². The van der Waals surface area contributed by atoms with E-state index in [2.05, 4.69) is 22.1 Å². The molecule has 25 heavy (non-hydrogen) atoms. The number of hydrogen-bond donors (Lipinski definition) is 0. The van der Waals surface area contributed by atoms with Crippen LogP contribution >= 0.6 is 0 Å². The van der Waals surface area contributed by atoms with Gasteiger partial charge in [-0.15, -0.1) is 0 Å². The van der Waals surface area contributed by atoms with Gasteiger partial charge in [0.2, 0.25) is 0 Å². The van der Waals surface area contributed by atoms with Crippen molar-refractivity contribution in [3.63, 3.8) is 0 Å². The highest BCUT2D eigenvalue weighted by molar-refractivity contribution is 5.94. The second-order valence-corrected chi connectivity index (χ2v) is 6.52. The zero-order valence-corrected chi connectivity index (χ0v) is 14.1. The van der Waals surface area contributed by atoms with Crippen LogP contribution in [0.1, 0.15) is 47.8 Å². The number of fused-ring (bicyclic) bond motifs is 1. The molecule has 1 unspecified atom stereocenters. The summed E-state index contributed by atoms with van der Waals surface area (Å²) >= 11 is 0. The number of carbonyl (C=O) groups is 1. The summed E-state index contributed by atoms with van der Waals surface area (Å²) in [6.45, 7) is 0.771. The molecule has 0 bridgehead atoms. The van der Waals surface area contributed by atoms with Gasteiger partial charge in [-0.05, 0) is 30.5 Å². The van der Waals surface area contributed by atoms with Crippen molar-refractivity contribution < 1.29 is 4.79 Å². The molecule has 1 aromatic heterocycles. The fourth-order valence-corrected chi connectivity index (χ4v) is 3.58. The number of benzene rings is 2. The van der Waals surface area contributed by atoms with Gasteiger partial charge in [-0.25, -0.2) is 4.98 Å². The lowest BCUT2D eigenvalue weighted by atomic mass is 10.0. The summed E-state index contributed by atoms with van der Waals surface area (Å²) in [4.78, 5) is 24.2. The lowest BCUT2D eigenvalue weighted by Gasteiger charge is -2.30. The molecule has 1 fully saturated rings. The van der Waals surface area contributed by atoms with Crippen LogP contribution in [-0.2, 0) is 0 Å². The summed E-state index contributed by atoms with van der Waals surface area (Å²) < 4.78 is 0. The topological polar surface area (TPSA) is 46.1 Å². The predicted octanol–water partition coefficient (Wildman–Crippen LogP) is 4.39. The third-order valence-electron chi connectivity index (χ3n) is 4.87. The largest absolute Gasteiger partial charge is 0.330 e. The second-order valence-electron chi connectivity index (χ2n) is 6.52. The summed E-state index contributed by atoms with van der Waals surface area (Å²) in [6, 6.07) is 18.1. The van der Waals surface area contributed by atoms with Crippen LogP contribution in [0, 0.1) is 0 Å². The number of aromatic nitrogens is 2. The highest BCUT2D eigenvalue weighted by atomic mass is 16.2. The number of nitrogens with zero attached hydrogens (tertiary/aromatic N) is 3. The molecular formula is C21H21N3O. The molecule has 1 saturated heterocycles. The highest BCUT2D eigenvalue weighted by Gasteiger charge is 2.28. The lowest BCUT2D eigenvalue weighted by Crippen LogP contribution is -2.35. The Morgan fingerprint density at radius 2 is 1.68 bits per heavy atom. The third-order valence-corrected chi connectivity index (χ3v) is 4.87. The van der Waals surface area contributed by atoms with Crippen LogP contribution in [0.25, 0.3) is 11.0 Å². The first-order valence-electron chi connectivity index (χ1n) is 8.90. The van der Waals surface area contributed by atoms with E-state index in [-0.39, 0.29) is 11.9 Å². The Balaban J connectivity index is 1.69. The van der Waals surface area contributed by atoms with E-state index in [0.29, 0.717) is 5.69 Å². The van der Waals surface area contributed by atoms with Crippen molar-refractivity contribution in [2.45, 2.75) is 31.7 Å². The van der Waals surface area contributed by atoms with Crippen molar-refractivity contribution in [3.05, 3.63) is 72.1 Å². The molecule has 4 heteroatoms. The molecule has 0 spiro atoms. The van der Waals surface area contributed by atoms with Crippen molar-refractivity contribution in [2.24, 2.45) is 0 Å². The van der Waals surface area contributed by atoms with Crippen molar-refractivity contribution in [1.29, 1.82) is 0 Å². The monoisotopic (exact) mass is 331 g/mol. The van der Waals surface area contributed by atoms with Gasteiger partial charge in [0.15, 0.2) is 0 Å². The quantitative estimate of drug-likeness (QED) is 0.700. The maximum Gasteiger partial charge on any atom is 0.274 e. The molecule has 4 nitrogen and oxygen atoms in total. The SMILES string of the molecule is O=C(c1cnc2ccccc2n1)N1CCCCCC1c1ccccc1. The lowest BCUT2D eigenvalue weighted by molar-refractivity contribution is 0.0675. The number of amides is 1. The fraction of sp³-hybridized carbons (Fsp3) is 0.286. The van der Waals surface area contributed by atoms with Crippen LogP contribution in [0.3, 0.4) is 0 Å². The van der Waals surface area contributed by atoms with Gasteiger partial charge < -0.3 is 4.90 Å². The van der Waals surface area contributed by atoms with Crippen LogP contribution < -0.4 is 0 Å². The van der Waals surface area contributed by atoms with E-state index in [4.69, 9.17) is 0 Å². The first-order chi connectivity index (χ1) is 12.3. The number of rotatable bonds is 2. The number of carbonyl (C=O) groups excluding carboxylic acids is 1. The van der Waals surface area contributed by atoms with Crippen LogP contribution in [0.4, 0.5) is 0 Å². The maximum atomic E-state index is 13.2. The van der Waals surface area contributed by atoms with Crippen LogP contribution in [-0.4, -0.2) is 27.3 Å². The van der Waals surface area contributed by atoms with Crippen molar-refractivity contribution >= 4 is 16.9 Å². The van der Waals surface area contributed by atoms with Gasteiger partial charge in [-0.2, -0.15) is 0 Å². The van der Waals surface area contributed by atoms with Gasteiger partial charge in [0.05, 0.1) is 23.3 Å². The number of para-hydroxylation sites is 2. The third kappa shape index (κ3) is 3.25. The van der Waals surface area contributed by atoms with Crippen LogP contribution in [0.5, 0.6) is 0 Å². The highest BCUT2D eigenvalue weighted by Crippen LogP contribution is 2.31. The first kappa shape index (κ1) is 15.8. The molecule has 0 aliphatic carbocycles. The molecule has 4 rings (SSSR count). The minimum atomic E-state index is -0.0194. The van der Waals surface area contributed by atoms with Crippen LogP contribution in [0.2, 0.25) is 0 Å². The van der Waals surface area contributed by atoms with E-state index in [1.165, 1.54) is 5.56 Å². The van der Waals surface area contributed by atoms with E-state index in [0.717, 1.165) is 43.3 Å². The average Bonchev–Trinajstić information content (AvgIpc) is 2.94. The molecule has 2 heterocycles. The maximum absolute atomic E-state index is 13.2. The second kappa shape index (κ2) is 7.01. The van der Waals surface area contributed by atoms with E-state index >= 15 is 0 Å². The Kier molecular flexibility index (Phi) is 4.42. The Bertz CT molecular complexity index is 878. The summed E-state index contributed by atoms with van der Waals surface area (Å²) in [5.74, 6) is -0.0194. The molecule has 1 aliphatic rings. The Morgan fingerprint density at radius 3 is 2.52 bits per heavy atom. The molecule has 0 radical (unpaired) electrons. The Hall–Kier alpha value is -2.75. The Labute approximate surface area is 147 Å². The molecule has 3 aromatic rings. The zero-order valence-electron chi connectivity index (χ0n) is 14.1. The summed E-state index contributed by atoms with van der Waals surface area (Å²) in [5.41, 5.74) is 3.21. The molecule has 1 atom stereocenters. The summed E-state index contributed by atoms with van der Waals surface area (Å²) in [7, 11) is 0. The molecule has 126 valence electrons. The van der Waals surface area contributed by atoms with Gasteiger partial charge in [0.25, 0.3) is 5.91 Å². The molecule has 0 saturated carbocycles. The smallest absolute Gasteiger partial charge is 0.274 e. The molecule has 1 amide bonds. The van der Waals surface area contributed by atoms with E-state index in [1.54, 1.807) is 6.20 Å². The minimum absolute atomic E-state index is 0.0194. The van der Waals surface area contributed by atoms with E-state index in [1.807, 2.05) is 47.4 Å². The van der Waals surface area contributed by atoms with Crippen molar-refractivity contribution in [1.82, 2.24) is 14.9 Å². The van der Waals surface area contributed by atoms with Gasteiger partial charge in [-0.1, -0.05) is 55.3 Å². The zero-order chi connectivity index (χ0) is 17.1. The first-order valence-corrected chi connectivity index (χ1v) is 8.90. The normalized spacial score (nSPS) is 18.1. The number of hydrogen-bond acceptors (Lipinski definition) is 3. The molecular weight excluding hydrogens is 310 g/mol. The molecule has 1 aliphatic heterocycles. The van der Waals surface area contributed by atoms with Gasteiger partial charge in [0.1, 0.15) is 5.69 Å². The van der Waals surface area contributed by atoms with Crippen molar-refractivity contribution in [3.8, 4) is 0 Å². The van der Waals surface area contributed by atoms with E-state index in [9.17, 15) is 4.79 Å².